The molecule has 116 valence electrons. The molecular weight excluding hydrogens is 294 g/mol. The highest BCUT2D eigenvalue weighted by Gasteiger charge is 2.23. The lowest BCUT2D eigenvalue weighted by Gasteiger charge is -2.18. The van der Waals surface area contributed by atoms with E-state index in [2.05, 4.69) is 9.97 Å². The van der Waals surface area contributed by atoms with Gasteiger partial charge in [-0.25, -0.2) is 4.98 Å². The van der Waals surface area contributed by atoms with Gasteiger partial charge >= 0.3 is 0 Å². The second kappa shape index (κ2) is 6.02. The van der Waals surface area contributed by atoms with Gasteiger partial charge in [0.2, 0.25) is 0 Å². The lowest BCUT2D eigenvalue weighted by atomic mass is 10.0. The summed E-state index contributed by atoms with van der Waals surface area (Å²) >= 11 is 0. The minimum absolute atomic E-state index is 0.0700. The van der Waals surface area contributed by atoms with E-state index in [-0.39, 0.29) is 5.56 Å². The zero-order chi connectivity index (χ0) is 16.4. The van der Waals surface area contributed by atoms with Gasteiger partial charge in [-0.3, -0.25) is 14.5 Å². The molecule has 0 aliphatic rings. The van der Waals surface area contributed by atoms with E-state index in [4.69, 9.17) is 0 Å². The highest BCUT2D eigenvalue weighted by atomic mass is 16.3. The quantitative estimate of drug-likeness (QED) is 0.771. The summed E-state index contributed by atoms with van der Waals surface area (Å²) in [6.07, 6.45) is 1.57. The van der Waals surface area contributed by atoms with Crippen LogP contribution in [0.1, 0.15) is 15.9 Å². The van der Waals surface area contributed by atoms with Crippen LogP contribution in [-0.2, 0) is 6.61 Å². The first-order chi connectivity index (χ1) is 11.1. The molecule has 1 aromatic carbocycles. The number of para-hydroxylation sites is 1. The Bertz CT molecular complexity index is 919. The SMILES string of the molecule is CN(C(=O)c1c(CO)c2ccccc2[nH]c1=O)c1ccccn1. The second-order valence-electron chi connectivity index (χ2n) is 5.06. The minimum Gasteiger partial charge on any atom is -0.392 e. The number of fused-ring (bicyclic) bond motifs is 1. The number of aromatic amines is 1. The summed E-state index contributed by atoms with van der Waals surface area (Å²) in [7, 11) is 1.54. The highest BCUT2D eigenvalue weighted by Crippen LogP contribution is 2.20. The van der Waals surface area contributed by atoms with Crippen molar-refractivity contribution in [2.24, 2.45) is 0 Å². The van der Waals surface area contributed by atoms with Crippen molar-refractivity contribution in [1.29, 1.82) is 0 Å². The fourth-order valence-electron chi connectivity index (χ4n) is 2.53. The third-order valence-electron chi connectivity index (χ3n) is 3.70. The van der Waals surface area contributed by atoms with Gasteiger partial charge in [-0.2, -0.15) is 0 Å². The van der Waals surface area contributed by atoms with Crippen LogP contribution < -0.4 is 10.5 Å². The molecule has 23 heavy (non-hydrogen) atoms. The van der Waals surface area contributed by atoms with Crippen LogP contribution in [0.4, 0.5) is 5.82 Å². The summed E-state index contributed by atoms with van der Waals surface area (Å²) in [6, 6.07) is 12.2. The van der Waals surface area contributed by atoms with E-state index in [1.165, 1.54) is 4.90 Å². The molecule has 0 unspecified atom stereocenters. The molecule has 3 rings (SSSR count). The van der Waals surface area contributed by atoms with Crippen LogP contribution in [0.5, 0.6) is 0 Å². The number of nitrogens with one attached hydrogen (secondary N) is 1. The lowest BCUT2D eigenvalue weighted by molar-refractivity contribution is 0.0988. The molecule has 0 bridgehead atoms. The number of pyridine rings is 2. The molecule has 0 saturated carbocycles. The molecule has 0 radical (unpaired) electrons. The number of aliphatic hydroxyl groups is 1. The van der Waals surface area contributed by atoms with Crippen LogP contribution in [0, 0.1) is 0 Å². The molecule has 0 atom stereocenters. The molecule has 3 aromatic rings. The van der Waals surface area contributed by atoms with Crippen LogP contribution in [0.2, 0.25) is 0 Å². The zero-order valence-electron chi connectivity index (χ0n) is 12.5. The average Bonchev–Trinajstić information content (AvgIpc) is 2.60. The standard InChI is InChI=1S/C17H15N3O3/c1-20(14-8-4-5-9-18-14)17(23)15-12(10-21)11-6-2-3-7-13(11)19-16(15)22/h2-9,21H,10H2,1H3,(H,19,22). The Morgan fingerprint density at radius 3 is 2.65 bits per heavy atom. The third kappa shape index (κ3) is 2.60. The minimum atomic E-state index is -0.527. The van der Waals surface area contributed by atoms with E-state index in [1.54, 1.807) is 55.7 Å². The van der Waals surface area contributed by atoms with Gasteiger partial charge in [0.15, 0.2) is 0 Å². The number of hydrogen-bond donors (Lipinski definition) is 2. The number of hydrogen-bond acceptors (Lipinski definition) is 4. The summed E-state index contributed by atoms with van der Waals surface area (Å²) in [5.41, 5.74) is 0.301. The maximum absolute atomic E-state index is 12.7. The van der Waals surface area contributed by atoms with Crippen molar-refractivity contribution in [3.8, 4) is 0 Å². The van der Waals surface area contributed by atoms with E-state index in [1.807, 2.05) is 0 Å². The summed E-state index contributed by atoms with van der Waals surface area (Å²) in [6.45, 7) is -0.401. The predicted molar refractivity (Wildman–Crippen MR) is 87.5 cm³/mol. The second-order valence-corrected chi connectivity index (χ2v) is 5.06. The smallest absolute Gasteiger partial charge is 0.265 e. The Balaban J connectivity index is 2.17. The van der Waals surface area contributed by atoms with Crippen molar-refractivity contribution in [2.75, 3.05) is 11.9 Å². The van der Waals surface area contributed by atoms with Crippen molar-refractivity contribution in [3.63, 3.8) is 0 Å². The van der Waals surface area contributed by atoms with Crippen molar-refractivity contribution >= 4 is 22.6 Å². The maximum Gasteiger partial charge on any atom is 0.265 e. The van der Waals surface area contributed by atoms with Crippen LogP contribution in [0.25, 0.3) is 10.9 Å². The Hall–Kier alpha value is -2.99. The van der Waals surface area contributed by atoms with Crippen LogP contribution in [-0.4, -0.2) is 28.0 Å². The third-order valence-corrected chi connectivity index (χ3v) is 3.70. The number of nitrogens with zero attached hydrogens (tertiary/aromatic N) is 2. The van der Waals surface area contributed by atoms with Gasteiger partial charge in [-0.15, -0.1) is 0 Å². The fourth-order valence-corrected chi connectivity index (χ4v) is 2.53. The van der Waals surface area contributed by atoms with Crippen LogP contribution in [0.3, 0.4) is 0 Å². The normalized spacial score (nSPS) is 10.7. The first kappa shape index (κ1) is 14.9. The summed E-state index contributed by atoms with van der Waals surface area (Å²) in [5.74, 6) is -0.0892. The van der Waals surface area contributed by atoms with Crippen molar-refractivity contribution < 1.29 is 9.90 Å². The Labute approximate surface area is 132 Å². The van der Waals surface area contributed by atoms with Crippen molar-refractivity contribution in [2.45, 2.75) is 6.61 Å². The topological polar surface area (TPSA) is 86.3 Å². The van der Waals surface area contributed by atoms with E-state index in [0.29, 0.717) is 22.3 Å². The Kier molecular flexibility index (Phi) is 3.91. The zero-order valence-corrected chi connectivity index (χ0v) is 12.5. The molecule has 6 heteroatoms. The van der Waals surface area contributed by atoms with E-state index < -0.39 is 18.1 Å². The summed E-state index contributed by atoms with van der Waals surface area (Å²) < 4.78 is 0. The molecule has 0 fully saturated rings. The molecule has 2 heterocycles. The molecule has 2 N–H and O–H groups in total. The predicted octanol–water partition coefficient (Wildman–Crippen LogP) is 1.69. The van der Waals surface area contributed by atoms with Crippen LogP contribution in [0.15, 0.2) is 53.5 Å². The number of H-pyrrole nitrogens is 1. The van der Waals surface area contributed by atoms with Gasteiger partial charge < -0.3 is 10.1 Å². The number of carbonyl (C=O) groups excluding carboxylic acids is 1. The van der Waals surface area contributed by atoms with Crippen LogP contribution >= 0.6 is 0 Å². The van der Waals surface area contributed by atoms with Gasteiger partial charge in [0.1, 0.15) is 11.4 Å². The average molecular weight is 309 g/mol. The largest absolute Gasteiger partial charge is 0.392 e. The molecule has 2 aromatic heterocycles. The van der Waals surface area contributed by atoms with Gasteiger partial charge in [0.25, 0.3) is 11.5 Å². The lowest BCUT2D eigenvalue weighted by Crippen LogP contribution is -2.33. The molecular formula is C17H15N3O3. The monoisotopic (exact) mass is 309 g/mol. The van der Waals surface area contributed by atoms with Gasteiger partial charge in [0.05, 0.1) is 6.61 Å². The molecule has 0 saturated heterocycles. The number of rotatable bonds is 3. The number of aromatic nitrogens is 2. The first-order valence-corrected chi connectivity index (χ1v) is 7.07. The first-order valence-electron chi connectivity index (χ1n) is 7.07. The Morgan fingerprint density at radius 1 is 1.22 bits per heavy atom. The fraction of sp³-hybridized carbons (Fsp3) is 0.118. The molecule has 6 nitrogen and oxygen atoms in total. The van der Waals surface area contributed by atoms with Crippen molar-refractivity contribution in [1.82, 2.24) is 9.97 Å². The number of anilines is 1. The van der Waals surface area contributed by atoms with E-state index in [0.717, 1.165) is 0 Å². The van der Waals surface area contributed by atoms with Gasteiger partial charge in [-0.05, 0) is 18.2 Å². The molecule has 0 aliphatic heterocycles. The number of aliphatic hydroxyl groups excluding tert-OH is 1. The van der Waals surface area contributed by atoms with Gasteiger partial charge in [0, 0.05) is 29.7 Å². The van der Waals surface area contributed by atoms with E-state index >= 15 is 0 Å². The molecule has 0 aliphatic carbocycles. The molecule has 0 spiro atoms. The number of benzene rings is 1. The number of amides is 1. The van der Waals surface area contributed by atoms with Gasteiger partial charge in [-0.1, -0.05) is 24.3 Å². The maximum atomic E-state index is 12.7. The highest BCUT2D eigenvalue weighted by molar-refractivity contribution is 6.08. The number of carbonyl (C=O) groups is 1. The summed E-state index contributed by atoms with van der Waals surface area (Å²) in [4.78, 5) is 33.2. The Morgan fingerprint density at radius 2 is 1.96 bits per heavy atom. The van der Waals surface area contributed by atoms with E-state index in [9.17, 15) is 14.7 Å². The van der Waals surface area contributed by atoms with Crippen molar-refractivity contribution in [3.05, 3.63) is 70.1 Å². The molecule has 1 amide bonds. The summed E-state index contributed by atoms with van der Waals surface area (Å²) in [5, 5.41) is 10.3.